The predicted octanol–water partition coefficient (Wildman–Crippen LogP) is 3.00. The van der Waals surface area contributed by atoms with E-state index in [0.717, 1.165) is 6.20 Å². The molecule has 0 unspecified atom stereocenters. The molecule has 0 aliphatic rings. The second-order valence-electron chi connectivity index (χ2n) is 2.73. The van der Waals surface area contributed by atoms with Crippen LogP contribution in [0.25, 0.3) is 0 Å². The van der Waals surface area contributed by atoms with E-state index in [0.29, 0.717) is 14.8 Å². The highest BCUT2D eigenvalue weighted by Crippen LogP contribution is 2.27. The van der Waals surface area contributed by atoms with Crippen LogP contribution in [-0.2, 0) is 6.42 Å². The lowest BCUT2D eigenvalue weighted by Crippen LogP contribution is -2.01. The molecule has 14 heavy (non-hydrogen) atoms. The minimum atomic E-state index is -2.57. The van der Waals surface area contributed by atoms with E-state index in [-0.39, 0.29) is 12.0 Å². The number of aryl methyl sites for hydroxylation is 1. The fourth-order valence-electron chi connectivity index (χ4n) is 1.09. The molecule has 0 saturated carbocycles. The molecule has 0 aliphatic carbocycles. The topological polar surface area (TPSA) is 36.7 Å². The minimum absolute atomic E-state index is 0.00130. The first-order chi connectivity index (χ1) is 6.57. The Labute approximate surface area is 94.1 Å². The van der Waals surface area contributed by atoms with Crippen molar-refractivity contribution in [3.05, 3.63) is 26.6 Å². The van der Waals surface area contributed by atoms with Crippen molar-refractivity contribution in [3.8, 4) is 6.07 Å². The van der Waals surface area contributed by atoms with Gasteiger partial charge in [0, 0.05) is 15.3 Å². The molecule has 74 valence electrons. The largest absolute Gasteiger partial charge is 0.265 e. The zero-order valence-corrected chi connectivity index (χ0v) is 9.55. The lowest BCUT2D eigenvalue weighted by molar-refractivity contribution is 0.150. The number of hydrogen-bond acceptors (Lipinski definition) is 2. The molecule has 1 aromatic heterocycles. The summed E-state index contributed by atoms with van der Waals surface area (Å²) in [5.74, 6) is 0. The monoisotopic (exact) mass is 308 g/mol. The lowest BCUT2D eigenvalue weighted by Gasteiger charge is -2.09. The molecule has 0 aromatic carbocycles. The smallest absolute Gasteiger partial charge is 0.260 e. The van der Waals surface area contributed by atoms with E-state index in [1.165, 1.54) is 0 Å². The average molecular weight is 308 g/mol. The van der Waals surface area contributed by atoms with Gasteiger partial charge < -0.3 is 0 Å². The number of nitrogens with zero attached hydrogens (tertiary/aromatic N) is 2. The highest BCUT2D eigenvalue weighted by Gasteiger charge is 2.17. The summed E-state index contributed by atoms with van der Waals surface area (Å²) in [5, 5.41) is 8.52. The number of alkyl halides is 2. The number of halogens is 3. The Kier molecular flexibility index (Phi) is 3.75. The first kappa shape index (κ1) is 11.3. The third-order valence-electron chi connectivity index (χ3n) is 1.82. The molecular weight excluding hydrogens is 301 g/mol. The molecule has 1 aromatic rings. The van der Waals surface area contributed by atoms with Crippen molar-refractivity contribution in [2.75, 3.05) is 0 Å². The minimum Gasteiger partial charge on any atom is -0.260 e. The highest BCUT2D eigenvalue weighted by atomic mass is 127. The first-order valence-corrected chi connectivity index (χ1v) is 4.94. The molecule has 0 bridgehead atoms. The molecule has 0 amide bonds. The average Bonchev–Trinajstić information content (AvgIpc) is 2.13. The van der Waals surface area contributed by atoms with Crippen LogP contribution < -0.4 is 0 Å². The summed E-state index contributed by atoms with van der Waals surface area (Å²) in [7, 11) is 0. The second kappa shape index (κ2) is 4.64. The van der Waals surface area contributed by atoms with Crippen LogP contribution in [0.1, 0.15) is 23.2 Å². The fourth-order valence-corrected chi connectivity index (χ4v) is 1.73. The van der Waals surface area contributed by atoms with Crippen molar-refractivity contribution in [1.29, 1.82) is 5.26 Å². The summed E-state index contributed by atoms with van der Waals surface area (Å²) in [6, 6.07) is 1.88. The summed E-state index contributed by atoms with van der Waals surface area (Å²) in [6.07, 6.45) is -1.42. The Morgan fingerprint density at radius 1 is 1.64 bits per heavy atom. The maximum absolute atomic E-state index is 12.5. The number of pyridine rings is 1. The molecule has 0 aliphatic heterocycles. The zero-order chi connectivity index (χ0) is 10.7. The van der Waals surface area contributed by atoms with E-state index in [4.69, 9.17) is 5.26 Å². The molecule has 0 atom stereocenters. The van der Waals surface area contributed by atoms with E-state index >= 15 is 0 Å². The first-order valence-electron chi connectivity index (χ1n) is 3.87. The van der Waals surface area contributed by atoms with E-state index in [9.17, 15) is 8.78 Å². The van der Waals surface area contributed by atoms with Crippen LogP contribution >= 0.6 is 22.6 Å². The molecule has 0 N–H and O–H groups in total. The van der Waals surface area contributed by atoms with Gasteiger partial charge in [-0.25, -0.2) is 8.78 Å². The Bertz CT molecular complexity index is 385. The Morgan fingerprint density at radius 3 is 2.79 bits per heavy atom. The van der Waals surface area contributed by atoms with Crippen LogP contribution in [0.5, 0.6) is 0 Å². The molecule has 1 rings (SSSR count). The number of rotatable bonds is 2. The summed E-state index contributed by atoms with van der Waals surface area (Å²) < 4.78 is 25.7. The maximum atomic E-state index is 12.5. The molecule has 0 spiro atoms. The van der Waals surface area contributed by atoms with E-state index < -0.39 is 6.43 Å². The zero-order valence-electron chi connectivity index (χ0n) is 7.39. The van der Waals surface area contributed by atoms with E-state index in [2.05, 4.69) is 4.98 Å². The molecule has 2 nitrogen and oxygen atoms in total. The van der Waals surface area contributed by atoms with E-state index in [1.807, 2.05) is 28.7 Å². The normalized spacial score (nSPS) is 10.3. The molecule has 0 radical (unpaired) electrons. The van der Waals surface area contributed by atoms with Gasteiger partial charge in [0.15, 0.2) is 0 Å². The van der Waals surface area contributed by atoms with Gasteiger partial charge in [-0.2, -0.15) is 5.26 Å². The second-order valence-corrected chi connectivity index (χ2v) is 3.81. The van der Waals surface area contributed by atoms with Crippen LogP contribution in [0.2, 0.25) is 0 Å². The molecule has 0 saturated heterocycles. The van der Waals surface area contributed by atoms with Gasteiger partial charge in [0.1, 0.15) is 0 Å². The van der Waals surface area contributed by atoms with Crippen molar-refractivity contribution < 1.29 is 8.78 Å². The van der Waals surface area contributed by atoms with Gasteiger partial charge >= 0.3 is 0 Å². The fraction of sp³-hybridized carbons (Fsp3) is 0.333. The quantitative estimate of drug-likeness (QED) is 0.788. The summed E-state index contributed by atoms with van der Waals surface area (Å²) in [6.45, 7) is 1.73. The van der Waals surface area contributed by atoms with Gasteiger partial charge in [-0.05, 0) is 35.1 Å². The van der Waals surface area contributed by atoms with Crippen molar-refractivity contribution >= 4 is 22.6 Å². The third kappa shape index (κ3) is 2.18. The number of nitriles is 1. The predicted molar refractivity (Wildman–Crippen MR) is 56.0 cm³/mol. The Hall–Kier alpha value is -0.770. The maximum Gasteiger partial charge on any atom is 0.265 e. The number of hydrogen-bond donors (Lipinski definition) is 0. The van der Waals surface area contributed by atoms with Gasteiger partial charge in [-0.15, -0.1) is 0 Å². The van der Waals surface area contributed by atoms with Gasteiger partial charge in [-0.1, -0.05) is 0 Å². The summed E-state index contributed by atoms with van der Waals surface area (Å²) in [5.41, 5.74) is 0.942. The Morgan fingerprint density at radius 2 is 2.29 bits per heavy atom. The van der Waals surface area contributed by atoms with Crippen LogP contribution in [-0.4, -0.2) is 4.98 Å². The van der Waals surface area contributed by atoms with Gasteiger partial charge in [0.25, 0.3) is 6.43 Å². The SMILES string of the molecule is Cc1ncc(C(F)F)c(CC#N)c1I. The van der Waals surface area contributed by atoms with Gasteiger partial charge in [0.05, 0.1) is 18.2 Å². The molecule has 5 heteroatoms. The van der Waals surface area contributed by atoms with Crippen LogP contribution in [0.3, 0.4) is 0 Å². The van der Waals surface area contributed by atoms with Crippen molar-refractivity contribution in [3.63, 3.8) is 0 Å². The molecule has 1 heterocycles. The van der Waals surface area contributed by atoms with Gasteiger partial charge in [-0.3, -0.25) is 4.98 Å². The third-order valence-corrected chi connectivity index (χ3v) is 3.25. The lowest BCUT2D eigenvalue weighted by atomic mass is 10.1. The summed E-state index contributed by atoms with van der Waals surface area (Å²) in [4.78, 5) is 3.85. The number of aromatic nitrogens is 1. The van der Waals surface area contributed by atoms with Crippen molar-refractivity contribution in [2.24, 2.45) is 0 Å². The van der Waals surface area contributed by atoms with Crippen molar-refractivity contribution in [2.45, 2.75) is 19.8 Å². The molecule has 0 fully saturated rings. The van der Waals surface area contributed by atoms with Gasteiger partial charge in [0.2, 0.25) is 0 Å². The van der Waals surface area contributed by atoms with Crippen LogP contribution in [0, 0.1) is 21.8 Å². The van der Waals surface area contributed by atoms with Crippen LogP contribution in [0.15, 0.2) is 6.20 Å². The Balaban J connectivity index is 3.31. The van der Waals surface area contributed by atoms with E-state index in [1.54, 1.807) is 6.92 Å². The highest BCUT2D eigenvalue weighted by molar-refractivity contribution is 14.1. The summed E-state index contributed by atoms with van der Waals surface area (Å²) >= 11 is 1.94. The van der Waals surface area contributed by atoms with Crippen LogP contribution in [0.4, 0.5) is 8.78 Å². The molecular formula is C9H7F2IN2. The standard InChI is InChI=1S/C9H7F2IN2/c1-5-8(12)6(2-3-13)7(4-14-5)9(10)11/h4,9H,2H2,1H3. The van der Waals surface area contributed by atoms with Crippen molar-refractivity contribution in [1.82, 2.24) is 4.98 Å².